The third-order valence-electron chi connectivity index (χ3n) is 4.11. The molecule has 1 atom stereocenters. The van der Waals surface area contributed by atoms with Crippen LogP contribution in [0.5, 0.6) is 0 Å². The van der Waals surface area contributed by atoms with Crippen LogP contribution >= 0.6 is 35.3 Å². The van der Waals surface area contributed by atoms with Crippen molar-refractivity contribution >= 4 is 41.3 Å². The molecular formula is C17H31IN4S. The predicted molar refractivity (Wildman–Crippen MR) is 112 cm³/mol. The van der Waals surface area contributed by atoms with Crippen LogP contribution in [0.4, 0.5) is 0 Å². The first kappa shape index (κ1) is 20.7. The van der Waals surface area contributed by atoms with Crippen LogP contribution in [0.1, 0.15) is 38.0 Å². The molecule has 2 heterocycles. The van der Waals surface area contributed by atoms with Gasteiger partial charge in [0.1, 0.15) is 0 Å². The highest BCUT2D eigenvalue weighted by Crippen LogP contribution is 2.20. The van der Waals surface area contributed by atoms with Crippen molar-refractivity contribution in [2.24, 2.45) is 22.6 Å². The van der Waals surface area contributed by atoms with Gasteiger partial charge in [-0.3, -0.25) is 9.89 Å². The Morgan fingerprint density at radius 3 is 3.04 bits per heavy atom. The third kappa shape index (κ3) is 8.35. The lowest BCUT2D eigenvalue weighted by molar-refractivity contribution is 0.172. The molecule has 132 valence electrons. The average Bonchev–Trinajstić information content (AvgIpc) is 2.98. The summed E-state index contributed by atoms with van der Waals surface area (Å²) in [5, 5.41) is 5.37. The molecule has 23 heavy (non-hydrogen) atoms. The molecular weight excluding hydrogens is 419 g/mol. The molecule has 4 nitrogen and oxygen atoms in total. The van der Waals surface area contributed by atoms with E-state index in [1.54, 1.807) is 0 Å². The van der Waals surface area contributed by atoms with Crippen molar-refractivity contribution in [3.63, 3.8) is 0 Å². The minimum absolute atomic E-state index is 0. The van der Waals surface area contributed by atoms with E-state index in [-0.39, 0.29) is 24.0 Å². The summed E-state index contributed by atoms with van der Waals surface area (Å²) in [7, 11) is 0. The van der Waals surface area contributed by atoms with E-state index in [2.05, 4.69) is 46.6 Å². The van der Waals surface area contributed by atoms with Gasteiger partial charge in [0, 0.05) is 31.1 Å². The second-order valence-electron chi connectivity index (χ2n) is 6.66. The summed E-state index contributed by atoms with van der Waals surface area (Å²) in [4.78, 5) is 8.55. The second kappa shape index (κ2) is 11.3. The predicted octanol–water partition coefficient (Wildman–Crippen LogP) is 3.53. The van der Waals surface area contributed by atoms with E-state index in [0.29, 0.717) is 17.8 Å². The summed E-state index contributed by atoms with van der Waals surface area (Å²) in [6.07, 6.45) is 3.67. The highest BCUT2D eigenvalue weighted by molar-refractivity contribution is 14.0. The zero-order valence-corrected chi connectivity index (χ0v) is 17.5. The van der Waals surface area contributed by atoms with E-state index < -0.39 is 0 Å². The molecule has 1 aromatic rings. The van der Waals surface area contributed by atoms with Gasteiger partial charge < -0.3 is 11.1 Å². The van der Waals surface area contributed by atoms with E-state index in [1.807, 2.05) is 11.3 Å². The number of aliphatic imine (C=N–C) groups is 1. The number of guanidine groups is 1. The largest absolute Gasteiger partial charge is 0.370 e. The highest BCUT2D eigenvalue weighted by atomic mass is 127. The van der Waals surface area contributed by atoms with Crippen LogP contribution in [0.2, 0.25) is 0 Å². The molecule has 3 N–H and O–H groups in total. The molecule has 0 aliphatic carbocycles. The minimum Gasteiger partial charge on any atom is -0.370 e. The fraction of sp³-hybridized carbons (Fsp3) is 0.706. The average molecular weight is 450 g/mol. The SMILES string of the molecule is CC(C)CCNC(N)=NCC1CCCN(Cc2cccs2)C1.I. The molecule has 0 spiro atoms. The monoisotopic (exact) mass is 450 g/mol. The van der Waals surface area contributed by atoms with Crippen molar-refractivity contribution in [2.45, 2.75) is 39.7 Å². The number of halogens is 1. The molecule has 0 saturated carbocycles. The molecule has 6 heteroatoms. The molecule has 0 amide bonds. The first-order chi connectivity index (χ1) is 10.6. The smallest absolute Gasteiger partial charge is 0.188 e. The van der Waals surface area contributed by atoms with Crippen LogP contribution in [-0.2, 0) is 6.54 Å². The van der Waals surface area contributed by atoms with Gasteiger partial charge >= 0.3 is 0 Å². The van der Waals surface area contributed by atoms with Gasteiger partial charge in [0.15, 0.2) is 5.96 Å². The van der Waals surface area contributed by atoms with Gasteiger partial charge in [-0.1, -0.05) is 19.9 Å². The van der Waals surface area contributed by atoms with Crippen LogP contribution in [0.25, 0.3) is 0 Å². The summed E-state index contributed by atoms with van der Waals surface area (Å²) in [6.45, 7) is 9.64. The number of hydrogen-bond donors (Lipinski definition) is 2. The Labute approximate surface area is 161 Å². The van der Waals surface area contributed by atoms with Crippen LogP contribution in [-0.4, -0.2) is 37.0 Å². The summed E-state index contributed by atoms with van der Waals surface area (Å²) in [5.41, 5.74) is 5.95. The fourth-order valence-electron chi connectivity index (χ4n) is 2.84. The number of thiophene rings is 1. The van der Waals surface area contributed by atoms with Crippen molar-refractivity contribution in [3.8, 4) is 0 Å². The summed E-state index contributed by atoms with van der Waals surface area (Å²) in [5.74, 6) is 1.94. The lowest BCUT2D eigenvalue weighted by Crippen LogP contribution is -2.37. The molecule has 1 aliphatic rings. The van der Waals surface area contributed by atoms with Crippen molar-refractivity contribution in [3.05, 3.63) is 22.4 Å². The molecule has 1 saturated heterocycles. The van der Waals surface area contributed by atoms with E-state index in [4.69, 9.17) is 5.73 Å². The first-order valence-corrected chi connectivity index (χ1v) is 9.30. The maximum absolute atomic E-state index is 5.95. The fourth-order valence-corrected chi connectivity index (χ4v) is 3.59. The zero-order chi connectivity index (χ0) is 15.8. The van der Waals surface area contributed by atoms with Crippen molar-refractivity contribution in [2.75, 3.05) is 26.2 Å². The van der Waals surface area contributed by atoms with Gasteiger partial charge in [0.2, 0.25) is 0 Å². The number of nitrogens with zero attached hydrogens (tertiary/aromatic N) is 2. The first-order valence-electron chi connectivity index (χ1n) is 8.42. The molecule has 0 bridgehead atoms. The number of piperidine rings is 1. The third-order valence-corrected chi connectivity index (χ3v) is 4.97. The van der Waals surface area contributed by atoms with Crippen LogP contribution < -0.4 is 11.1 Å². The lowest BCUT2D eigenvalue weighted by Gasteiger charge is -2.31. The number of nitrogens with two attached hydrogens (primary N) is 1. The van der Waals surface area contributed by atoms with Crippen LogP contribution in [0.15, 0.2) is 22.5 Å². The minimum atomic E-state index is 0. The second-order valence-corrected chi connectivity index (χ2v) is 7.69. The van der Waals surface area contributed by atoms with Gasteiger partial charge in [-0.25, -0.2) is 0 Å². The summed E-state index contributed by atoms with van der Waals surface area (Å²) >= 11 is 1.85. The number of likely N-dealkylation sites (tertiary alicyclic amines) is 1. The molecule has 1 fully saturated rings. The molecule has 1 unspecified atom stereocenters. The maximum Gasteiger partial charge on any atom is 0.188 e. The summed E-state index contributed by atoms with van der Waals surface area (Å²) in [6, 6.07) is 4.36. The molecule has 2 rings (SSSR count). The quantitative estimate of drug-likeness (QED) is 0.380. The van der Waals surface area contributed by atoms with E-state index in [9.17, 15) is 0 Å². The van der Waals surface area contributed by atoms with Gasteiger partial charge in [0.05, 0.1) is 0 Å². The highest BCUT2D eigenvalue weighted by Gasteiger charge is 2.19. The maximum atomic E-state index is 5.95. The Balaban J connectivity index is 0.00000264. The van der Waals surface area contributed by atoms with Crippen molar-refractivity contribution < 1.29 is 0 Å². The summed E-state index contributed by atoms with van der Waals surface area (Å²) < 4.78 is 0. The number of rotatable bonds is 7. The van der Waals surface area contributed by atoms with Gasteiger partial charge in [-0.15, -0.1) is 35.3 Å². The van der Waals surface area contributed by atoms with Crippen LogP contribution in [0.3, 0.4) is 0 Å². The van der Waals surface area contributed by atoms with Crippen molar-refractivity contribution in [1.82, 2.24) is 10.2 Å². The van der Waals surface area contributed by atoms with Crippen LogP contribution in [0, 0.1) is 11.8 Å². The molecule has 1 aliphatic heterocycles. The standard InChI is InChI=1S/C17H30N4S.HI/c1-14(2)7-8-19-17(18)20-11-15-5-3-9-21(12-15)13-16-6-4-10-22-16;/h4,6,10,14-15H,3,5,7-9,11-13H2,1-2H3,(H3,18,19,20);1H. The molecule has 0 radical (unpaired) electrons. The Bertz CT molecular complexity index is 447. The lowest BCUT2D eigenvalue weighted by atomic mass is 9.98. The van der Waals surface area contributed by atoms with Gasteiger partial charge in [-0.2, -0.15) is 0 Å². The Hall–Kier alpha value is -0.340. The van der Waals surface area contributed by atoms with E-state index >= 15 is 0 Å². The topological polar surface area (TPSA) is 53.6 Å². The molecule has 1 aromatic heterocycles. The number of hydrogen-bond acceptors (Lipinski definition) is 3. The molecule has 0 aromatic carbocycles. The zero-order valence-electron chi connectivity index (χ0n) is 14.3. The Kier molecular flexibility index (Phi) is 10.1. The normalized spacial score (nSPS) is 19.6. The number of nitrogens with one attached hydrogen (secondary N) is 1. The Morgan fingerprint density at radius 1 is 1.52 bits per heavy atom. The van der Waals surface area contributed by atoms with Gasteiger partial charge in [0.25, 0.3) is 0 Å². The van der Waals surface area contributed by atoms with E-state index in [1.165, 1.54) is 24.3 Å². The Morgan fingerprint density at radius 2 is 2.35 bits per heavy atom. The van der Waals surface area contributed by atoms with Gasteiger partial charge in [-0.05, 0) is 49.1 Å². The van der Waals surface area contributed by atoms with E-state index in [0.717, 1.165) is 32.6 Å². The van der Waals surface area contributed by atoms with Crippen molar-refractivity contribution in [1.29, 1.82) is 0 Å².